The van der Waals surface area contributed by atoms with Crippen LogP contribution in [0, 0.1) is 0 Å². The summed E-state index contributed by atoms with van der Waals surface area (Å²) >= 11 is 0. The number of aromatic nitrogens is 2. The van der Waals surface area contributed by atoms with E-state index in [0.717, 1.165) is 6.04 Å². The Balaban J connectivity index is 1.69. The van der Waals surface area contributed by atoms with Gasteiger partial charge in [-0.15, -0.1) is 0 Å². The van der Waals surface area contributed by atoms with Crippen molar-refractivity contribution in [2.24, 2.45) is 7.05 Å². The molecule has 0 spiro atoms. The smallest absolute Gasteiger partial charge is 0.0540 e. The molecule has 18 heavy (non-hydrogen) atoms. The standard InChI is InChI=1S/C15H25N3/c1-18-15-10-6-9-14(13(15)11-16-18)17-12-7-4-2-3-5-8-12/h11-12,14,17H,2-10H2,1H3/t14-/m1/s1. The summed E-state index contributed by atoms with van der Waals surface area (Å²) in [5, 5.41) is 8.35. The lowest BCUT2D eigenvalue weighted by Gasteiger charge is -2.28. The highest BCUT2D eigenvalue weighted by molar-refractivity contribution is 5.24. The van der Waals surface area contributed by atoms with Crippen LogP contribution in [0.2, 0.25) is 0 Å². The maximum atomic E-state index is 4.44. The van der Waals surface area contributed by atoms with E-state index in [1.165, 1.54) is 69.0 Å². The molecule has 1 heterocycles. The molecule has 1 aromatic rings. The Morgan fingerprint density at radius 2 is 1.89 bits per heavy atom. The van der Waals surface area contributed by atoms with Crippen molar-refractivity contribution in [1.29, 1.82) is 0 Å². The fourth-order valence-electron chi connectivity index (χ4n) is 3.61. The topological polar surface area (TPSA) is 29.9 Å². The van der Waals surface area contributed by atoms with Crippen LogP contribution in [0.5, 0.6) is 0 Å². The lowest BCUT2D eigenvalue weighted by molar-refractivity contribution is 0.365. The summed E-state index contributed by atoms with van der Waals surface area (Å²) in [6.45, 7) is 0. The third kappa shape index (κ3) is 2.46. The van der Waals surface area contributed by atoms with Gasteiger partial charge in [0.25, 0.3) is 0 Å². The third-order valence-electron chi connectivity index (χ3n) is 4.67. The van der Waals surface area contributed by atoms with Crippen LogP contribution in [0.3, 0.4) is 0 Å². The molecule has 2 aliphatic carbocycles. The number of fused-ring (bicyclic) bond motifs is 1. The molecule has 0 amide bonds. The predicted octanol–water partition coefficient (Wildman–Crippen LogP) is 3.11. The Bertz CT molecular complexity index is 388. The van der Waals surface area contributed by atoms with E-state index in [1.54, 1.807) is 0 Å². The van der Waals surface area contributed by atoms with Crippen LogP contribution in [0.1, 0.15) is 68.7 Å². The van der Waals surface area contributed by atoms with Crippen molar-refractivity contribution in [2.75, 3.05) is 0 Å². The molecule has 0 saturated heterocycles. The van der Waals surface area contributed by atoms with E-state index >= 15 is 0 Å². The normalized spacial score (nSPS) is 25.7. The van der Waals surface area contributed by atoms with E-state index in [2.05, 4.69) is 28.3 Å². The molecule has 1 atom stereocenters. The molecule has 1 aromatic heterocycles. The van der Waals surface area contributed by atoms with Crippen LogP contribution in [0.25, 0.3) is 0 Å². The van der Waals surface area contributed by atoms with Crippen molar-refractivity contribution in [2.45, 2.75) is 69.9 Å². The van der Waals surface area contributed by atoms with Crippen molar-refractivity contribution >= 4 is 0 Å². The Morgan fingerprint density at radius 3 is 2.67 bits per heavy atom. The highest BCUT2D eigenvalue weighted by atomic mass is 15.3. The quantitative estimate of drug-likeness (QED) is 0.814. The summed E-state index contributed by atoms with van der Waals surface area (Å²) in [7, 11) is 2.08. The zero-order valence-corrected chi connectivity index (χ0v) is 11.5. The van der Waals surface area contributed by atoms with E-state index in [0.29, 0.717) is 6.04 Å². The highest BCUT2D eigenvalue weighted by Gasteiger charge is 2.25. The fourth-order valence-corrected chi connectivity index (χ4v) is 3.61. The van der Waals surface area contributed by atoms with Crippen molar-refractivity contribution in [1.82, 2.24) is 15.1 Å². The summed E-state index contributed by atoms with van der Waals surface area (Å²) < 4.78 is 2.07. The van der Waals surface area contributed by atoms with Gasteiger partial charge in [-0.25, -0.2) is 0 Å². The molecule has 3 rings (SSSR count). The maximum absolute atomic E-state index is 4.44. The average molecular weight is 247 g/mol. The second kappa shape index (κ2) is 5.43. The van der Waals surface area contributed by atoms with Gasteiger partial charge in [-0.05, 0) is 32.1 Å². The van der Waals surface area contributed by atoms with E-state index in [9.17, 15) is 0 Å². The van der Waals surface area contributed by atoms with Gasteiger partial charge in [0.05, 0.1) is 6.20 Å². The van der Waals surface area contributed by atoms with Crippen LogP contribution >= 0.6 is 0 Å². The molecule has 0 bridgehead atoms. The monoisotopic (exact) mass is 247 g/mol. The summed E-state index contributed by atoms with van der Waals surface area (Å²) in [5.41, 5.74) is 2.92. The zero-order valence-electron chi connectivity index (χ0n) is 11.5. The number of rotatable bonds is 2. The first kappa shape index (κ1) is 12.2. The molecule has 1 saturated carbocycles. The van der Waals surface area contributed by atoms with E-state index in [4.69, 9.17) is 0 Å². The lowest BCUT2D eigenvalue weighted by atomic mass is 9.91. The second-order valence-electron chi connectivity index (χ2n) is 5.97. The van der Waals surface area contributed by atoms with Crippen LogP contribution < -0.4 is 5.32 Å². The van der Waals surface area contributed by atoms with E-state index in [-0.39, 0.29) is 0 Å². The average Bonchev–Trinajstić information content (AvgIpc) is 2.62. The Kier molecular flexibility index (Phi) is 3.69. The summed E-state index contributed by atoms with van der Waals surface area (Å²) in [6, 6.07) is 1.30. The van der Waals surface area contributed by atoms with Gasteiger partial charge in [0.15, 0.2) is 0 Å². The van der Waals surface area contributed by atoms with Crippen molar-refractivity contribution in [3.05, 3.63) is 17.5 Å². The first-order valence-electron chi connectivity index (χ1n) is 7.61. The molecule has 2 aliphatic rings. The molecule has 1 fully saturated rings. The first-order chi connectivity index (χ1) is 8.84. The molecule has 0 radical (unpaired) electrons. The minimum absolute atomic E-state index is 0.561. The number of hydrogen-bond donors (Lipinski definition) is 1. The third-order valence-corrected chi connectivity index (χ3v) is 4.67. The Hall–Kier alpha value is -0.830. The summed E-state index contributed by atoms with van der Waals surface area (Å²) in [5.74, 6) is 0. The number of aryl methyl sites for hydroxylation is 1. The zero-order chi connectivity index (χ0) is 12.4. The van der Waals surface area contributed by atoms with Gasteiger partial charge in [-0.2, -0.15) is 5.10 Å². The van der Waals surface area contributed by atoms with Crippen LogP contribution in [-0.2, 0) is 13.5 Å². The Morgan fingerprint density at radius 1 is 1.11 bits per heavy atom. The summed E-state index contributed by atoms with van der Waals surface area (Å²) in [4.78, 5) is 0. The van der Waals surface area contributed by atoms with Crippen molar-refractivity contribution in [3.8, 4) is 0 Å². The molecule has 3 heteroatoms. The predicted molar refractivity (Wildman–Crippen MR) is 73.5 cm³/mol. The number of nitrogens with one attached hydrogen (secondary N) is 1. The number of nitrogens with zero attached hydrogens (tertiary/aromatic N) is 2. The number of hydrogen-bond acceptors (Lipinski definition) is 2. The van der Waals surface area contributed by atoms with Gasteiger partial charge >= 0.3 is 0 Å². The molecule has 0 aliphatic heterocycles. The lowest BCUT2D eigenvalue weighted by Crippen LogP contribution is -2.34. The van der Waals surface area contributed by atoms with Crippen LogP contribution in [0.15, 0.2) is 6.20 Å². The van der Waals surface area contributed by atoms with Crippen LogP contribution in [0.4, 0.5) is 0 Å². The molecular formula is C15H25N3. The Labute approximate surface area is 110 Å². The molecule has 100 valence electrons. The maximum Gasteiger partial charge on any atom is 0.0540 e. The fraction of sp³-hybridized carbons (Fsp3) is 0.800. The van der Waals surface area contributed by atoms with Crippen molar-refractivity contribution in [3.63, 3.8) is 0 Å². The molecule has 0 aromatic carbocycles. The molecular weight excluding hydrogens is 222 g/mol. The van der Waals surface area contributed by atoms with E-state index < -0.39 is 0 Å². The van der Waals surface area contributed by atoms with Gasteiger partial charge in [-0.1, -0.05) is 25.7 Å². The van der Waals surface area contributed by atoms with Gasteiger partial charge in [0.1, 0.15) is 0 Å². The SMILES string of the molecule is Cn1ncc2c1CCC[C@H]2NC1CCCCCC1. The largest absolute Gasteiger partial charge is 0.307 e. The van der Waals surface area contributed by atoms with Gasteiger partial charge in [0.2, 0.25) is 0 Å². The minimum Gasteiger partial charge on any atom is -0.307 e. The van der Waals surface area contributed by atoms with Crippen molar-refractivity contribution < 1.29 is 0 Å². The minimum atomic E-state index is 0.561. The van der Waals surface area contributed by atoms with Gasteiger partial charge in [0, 0.05) is 30.4 Å². The van der Waals surface area contributed by atoms with Gasteiger partial charge in [-0.3, -0.25) is 4.68 Å². The molecule has 3 nitrogen and oxygen atoms in total. The van der Waals surface area contributed by atoms with Gasteiger partial charge < -0.3 is 5.32 Å². The first-order valence-corrected chi connectivity index (χ1v) is 7.61. The van der Waals surface area contributed by atoms with Crippen LogP contribution in [-0.4, -0.2) is 15.8 Å². The van der Waals surface area contributed by atoms with E-state index in [1.807, 2.05) is 0 Å². The summed E-state index contributed by atoms with van der Waals surface area (Å²) in [6.07, 6.45) is 14.3. The highest BCUT2D eigenvalue weighted by Crippen LogP contribution is 2.31. The molecule has 0 unspecified atom stereocenters. The molecule has 1 N–H and O–H groups in total. The second-order valence-corrected chi connectivity index (χ2v) is 5.97.